The van der Waals surface area contributed by atoms with Crippen molar-refractivity contribution in [1.82, 2.24) is 10.3 Å². The summed E-state index contributed by atoms with van der Waals surface area (Å²) in [5.41, 5.74) is 0.387. The maximum atomic E-state index is 13.0. The lowest BCUT2D eigenvalue weighted by Gasteiger charge is -2.09. The van der Waals surface area contributed by atoms with E-state index < -0.39 is 0 Å². The van der Waals surface area contributed by atoms with E-state index in [0.29, 0.717) is 16.5 Å². The van der Waals surface area contributed by atoms with Gasteiger partial charge in [-0.15, -0.1) is 11.3 Å². The molecule has 0 saturated carbocycles. The molecule has 1 unspecified atom stereocenters. The lowest BCUT2D eigenvalue weighted by molar-refractivity contribution is 0.0934. The molecule has 6 heteroatoms. The minimum atomic E-state index is -0.347. The number of benzene rings is 1. The van der Waals surface area contributed by atoms with Crippen molar-refractivity contribution < 1.29 is 13.9 Å². The highest BCUT2D eigenvalue weighted by Gasteiger charge is 2.12. The van der Waals surface area contributed by atoms with E-state index in [9.17, 15) is 9.18 Å². The van der Waals surface area contributed by atoms with Crippen LogP contribution in [0.15, 0.2) is 29.6 Å². The number of nitrogens with one attached hydrogen (secondary N) is 1. The topological polar surface area (TPSA) is 51.2 Å². The summed E-state index contributed by atoms with van der Waals surface area (Å²) in [5.74, 6) is -0.0892. The van der Waals surface area contributed by atoms with Crippen LogP contribution in [0.4, 0.5) is 4.39 Å². The van der Waals surface area contributed by atoms with Crippen molar-refractivity contribution in [1.29, 1.82) is 0 Å². The van der Waals surface area contributed by atoms with Crippen LogP contribution < -0.4 is 10.1 Å². The summed E-state index contributed by atoms with van der Waals surface area (Å²) in [5, 5.41) is 5.23. The Bertz CT molecular complexity index is 615. The van der Waals surface area contributed by atoms with E-state index in [1.165, 1.54) is 23.5 Å². The molecule has 0 saturated heterocycles. The van der Waals surface area contributed by atoms with Crippen LogP contribution in [0.5, 0.6) is 5.75 Å². The Balaban J connectivity index is 1.92. The maximum absolute atomic E-state index is 13.0. The molecule has 0 fully saturated rings. The van der Waals surface area contributed by atoms with E-state index in [-0.39, 0.29) is 24.4 Å². The summed E-state index contributed by atoms with van der Waals surface area (Å²) in [6.07, 6.45) is 0.866. The normalized spacial score (nSPS) is 12.0. The average molecular weight is 308 g/mol. The van der Waals surface area contributed by atoms with Gasteiger partial charge in [0.25, 0.3) is 5.91 Å². The molecule has 1 N–H and O–H groups in total. The monoisotopic (exact) mass is 308 g/mol. The summed E-state index contributed by atoms with van der Waals surface area (Å²) in [6.45, 7) is 4.16. The molecule has 0 aliphatic heterocycles. The van der Waals surface area contributed by atoms with Crippen LogP contribution in [-0.2, 0) is 6.61 Å². The number of amides is 1. The van der Waals surface area contributed by atoms with Gasteiger partial charge < -0.3 is 10.1 Å². The number of thiazole rings is 1. The summed E-state index contributed by atoms with van der Waals surface area (Å²) in [4.78, 5) is 16.1. The van der Waals surface area contributed by atoms with E-state index in [2.05, 4.69) is 10.3 Å². The van der Waals surface area contributed by atoms with Gasteiger partial charge in [-0.25, -0.2) is 9.37 Å². The fraction of sp³-hybridized carbons (Fsp3) is 0.333. The number of nitrogens with zero attached hydrogens (tertiary/aromatic N) is 1. The van der Waals surface area contributed by atoms with Crippen molar-refractivity contribution in [2.45, 2.75) is 32.9 Å². The Kier molecular flexibility index (Phi) is 5.27. The quantitative estimate of drug-likeness (QED) is 0.890. The van der Waals surface area contributed by atoms with Gasteiger partial charge in [0.2, 0.25) is 0 Å². The standard InChI is InChI=1S/C15H17FN2O2S/c1-3-10(2)17-15(19)13-9-21-14(18-13)8-20-12-6-4-5-11(16)7-12/h4-7,9-10H,3,8H2,1-2H3,(H,17,19). The van der Waals surface area contributed by atoms with E-state index in [1.54, 1.807) is 17.5 Å². The molecule has 1 heterocycles. The summed E-state index contributed by atoms with van der Waals surface area (Å²) < 4.78 is 18.5. The van der Waals surface area contributed by atoms with Gasteiger partial charge >= 0.3 is 0 Å². The third-order valence-electron chi connectivity index (χ3n) is 2.93. The van der Waals surface area contributed by atoms with Crippen LogP contribution in [0, 0.1) is 5.82 Å². The van der Waals surface area contributed by atoms with Crippen molar-refractivity contribution >= 4 is 17.2 Å². The lowest BCUT2D eigenvalue weighted by Crippen LogP contribution is -2.32. The molecule has 1 amide bonds. The van der Waals surface area contributed by atoms with E-state index >= 15 is 0 Å². The van der Waals surface area contributed by atoms with Crippen LogP contribution in [0.25, 0.3) is 0 Å². The molecular weight excluding hydrogens is 291 g/mol. The molecule has 1 atom stereocenters. The number of hydrogen-bond acceptors (Lipinski definition) is 4. The van der Waals surface area contributed by atoms with E-state index in [1.807, 2.05) is 13.8 Å². The minimum absolute atomic E-state index is 0.117. The zero-order valence-corrected chi connectivity index (χ0v) is 12.7. The number of halogens is 1. The van der Waals surface area contributed by atoms with Gasteiger partial charge in [-0.2, -0.15) is 0 Å². The zero-order chi connectivity index (χ0) is 15.2. The highest BCUT2D eigenvalue weighted by molar-refractivity contribution is 7.09. The molecule has 1 aromatic heterocycles. The van der Waals surface area contributed by atoms with Gasteiger partial charge in [-0.05, 0) is 25.5 Å². The molecule has 0 aliphatic carbocycles. The Labute approximate surface area is 127 Å². The van der Waals surface area contributed by atoms with Crippen LogP contribution in [0.1, 0.15) is 35.8 Å². The van der Waals surface area contributed by atoms with Gasteiger partial charge in [0.15, 0.2) is 0 Å². The van der Waals surface area contributed by atoms with Gasteiger partial charge in [0.05, 0.1) is 0 Å². The number of ether oxygens (including phenoxy) is 1. The van der Waals surface area contributed by atoms with Gasteiger partial charge in [0, 0.05) is 17.5 Å². The molecule has 112 valence electrons. The predicted molar refractivity (Wildman–Crippen MR) is 80.1 cm³/mol. The average Bonchev–Trinajstić information content (AvgIpc) is 2.94. The highest BCUT2D eigenvalue weighted by atomic mass is 32.1. The predicted octanol–water partition coefficient (Wildman–Crippen LogP) is 3.39. The van der Waals surface area contributed by atoms with Crippen molar-refractivity contribution in [3.05, 3.63) is 46.2 Å². The number of hydrogen-bond donors (Lipinski definition) is 1. The van der Waals surface area contributed by atoms with Crippen molar-refractivity contribution in [2.24, 2.45) is 0 Å². The second-order valence-electron chi connectivity index (χ2n) is 4.66. The first-order valence-electron chi connectivity index (χ1n) is 6.72. The van der Waals surface area contributed by atoms with Crippen molar-refractivity contribution in [3.8, 4) is 5.75 Å². The Morgan fingerprint density at radius 2 is 2.33 bits per heavy atom. The largest absolute Gasteiger partial charge is 0.486 e. The number of rotatable bonds is 6. The molecule has 0 aliphatic rings. The third-order valence-corrected chi connectivity index (χ3v) is 3.75. The first-order valence-corrected chi connectivity index (χ1v) is 7.60. The van der Waals surface area contributed by atoms with Crippen LogP contribution >= 0.6 is 11.3 Å². The van der Waals surface area contributed by atoms with Gasteiger partial charge in [0.1, 0.15) is 28.9 Å². The summed E-state index contributed by atoms with van der Waals surface area (Å²) in [7, 11) is 0. The summed E-state index contributed by atoms with van der Waals surface area (Å²) in [6, 6.07) is 6.04. The van der Waals surface area contributed by atoms with Gasteiger partial charge in [-0.1, -0.05) is 13.0 Å². The Hall–Kier alpha value is -1.95. The first-order chi connectivity index (χ1) is 10.1. The zero-order valence-electron chi connectivity index (χ0n) is 11.9. The Morgan fingerprint density at radius 3 is 3.05 bits per heavy atom. The van der Waals surface area contributed by atoms with Crippen molar-refractivity contribution in [2.75, 3.05) is 0 Å². The minimum Gasteiger partial charge on any atom is -0.486 e. The van der Waals surface area contributed by atoms with Crippen LogP contribution in [-0.4, -0.2) is 16.9 Å². The number of carbonyl (C=O) groups excluding carboxylic acids is 1. The van der Waals surface area contributed by atoms with Crippen LogP contribution in [0.3, 0.4) is 0 Å². The summed E-state index contributed by atoms with van der Waals surface area (Å²) >= 11 is 1.35. The third kappa shape index (κ3) is 4.53. The molecule has 2 aromatic rings. The molecule has 4 nitrogen and oxygen atoms in total. The van der Waals surface area contributed by atoms with Crippen LogP contribution in [0.2, 0.25) is 0 Å². The molecule has 0 bridgehead atoms. The lowest BCUT2D eigenvalue weighted by atomic mass is 10.2. The molecule has 0 spiro atoms. The van der Waals surface area contributed by atoms with E-state index in [0.717, 1.165) is 6.42 Å². The molecule has 21 heavy (non-hydrogen) atoms. The van der Waals surface area contributed by atoms with Gasteiger partial charge in [-0.3, -0.25) is 4.79 Å². The second-order valence-corrected chi connectivity index (χ2v) is 5.60. The molecular formula is C15H17FN2O2S. The van der Waals surface area contributed by atoms with Crippen molar-refractivity contribution in [3.63, 3.8) is 0 Å². The fourth-order valence-corrected chi connectivity index (χ4v) is 2.27. The first kappa shape index (κ1) is 15.4. The highest BCUT2D eigenvalue weighted by Crippen LogP contribution is 2.16. The second kappa shape index (κ2) is 7.17. The fourth-order valence-electron chi connectivity index (χ4n) is 1.58. The molecule has 1 aromatic carbocycles. The Morgan fingerprint density at radius 1 is 1.52 bits per heavy atom. The molecule has 0 radical (unpaired) electrons. The SMILES string of the molecule is CCC(C)NC(=O)c1csc(COc2cccc(F)c2)n1. The van der Waals surface area contributed by atoms with E-state index in [4.69, 9.17) is 4.74 Å². The number of aromatic nitrogens is 1. The smallest absolute Gasteiger partial charge is 0.270 e. The number of carbonyl (C=O) groups is 1. The maximum Gasteiger partial charge on any atom is 0.270 e. The molecule has 2 rings (SSSR count).